The maximum atomic E-state index is 10.6. The Morgan fingerprint density at radius 3 is 2.73 bits per heavy atom. The molecule has 2 aliphatic rings. The molecule has 11 heavy (non-hydrogen) atoms. The zero-order chi connectivity index (χ0) is 7.84. The van der Waals surface area contributed by atoms with E-state index < -0.39 is 6.10 Å². The molecule has 2 rings (SSSR count). The predicted molar refractivity (Wildman–Crippen MR) is 34.9 cm³/mol. The maximum Gasteiger partial charge on any atom is 0.306 e. The highest BCUT2D eigenvalue weighted by atomic mass is 16.6. The molecule has 2 heterocycles. The van der Waals surface area contributed by atoms with Gasteiger partial charge in [-0.25, -0.2) is 0 Å². The highest BCUT2D eigenvalue weighted by Gasteiger charge is 2.41. The van der Waals surface area contributed by atoms with Crippen LogP contribution < -0.4 is 0 Å². The Bertz CT molecular complexity index is 175. The maximum absolute atomic E-state index is 10.6. The summed E-state index contributed by atoms with van der Waals surface area (Å²) in [4.78, 5) is 10.6. The minimum Gasteiger partial charge on any atom is -0.459 e. The van der Waals surface area contributed by atoms with Gasteiger partial charge in [0.25, 0.3) is 0 Å². The van der Waals surface area contributed by atoms with Crippen molar-refractivity contribution in [2.75, 3.05) is 6.61 Å². The summed E-state index contributed by atoms with van der Waals surface area (Å²) in [6.45, 7) is 0.592. The average Bonchev–Trinajstić information content (AvgIpc) is 2.74. The van der Waals surface area contributed by atoms with Gasteiger partial charge in [-0.1, -0.05) is 0 Å². The van der Waals surface area contributed by atoms with Gasteiger partial charge in [0.2, 0.25) is 0 Å². The van der Waals surface area contributed by atoms with Crippen LogP contribution in [0.1, 0.15) is 12.8 Å². The Balaban J connectivity index is 1.89. The monoisotopic (exact) mass is 158 g/mol. The summed E-state index contributed by atoms with van der Waals surface area (Å²) in [5, 5.41) is 9.40. The minimum absolute atomic E-state index is 0.0918. The van der Waals surface area contributed by atoms with Crippen molar-refractivity contribution < 1.29 is 19.4 Å². The molecule has 0 bridgehead atoms. The molecule has 3 atom stereocenters. The molecule has 0 radical (unpaired) electrons. The third kappa shape index (κ3) is 1.36. The van der Waals surface area contributed by atoms with Crippen LogP contribution in [0.15, 0.2) is 0 Å². The van der Waals surface area contributed by atoms with Crippen molar-refractivity contribution in [3.8, 4) is 0 Å². The van der Waals surface area contributed by atoms with Crippen LogP contribution in [-0.2, 0) is 14.3 Å². The molecule has 0 aromatic rings. The van der Waals surface area contributed by atoms with E-state index in [1.165, 1.54) is 0 Å². The summed E-state index contributed by atoms with van der Waals surface area (Å²) in [5.74, 6) is -0.213. The standard InChI is InChI=1S/C7H10O4/c8-6-2-1-4(11-6)7(9)5-3-10-5/h4-5,7,9H,1-3H2. The van der Waals surface area contributed by atoms with Gasteiger partial charge in [0.1, 0.15) is 18.3 Å². The summed E-state index contributed by atoms with van der Waals surface area (Å²) >= 11 is 0. The average molecular weight is 158 g/mol. The summed E-state index contributed by atoms with van der Waals surface area (Å²) in [5.41, 5.74) is 0. The van der Waals surface area contributed by atoms with Gasteiger partial charge in [-0.2, -0.15) is 0 Å². The van der Waals surface area contributed by atoms with E-state index in [0.717, 1.165) is 0 Å². The van der Waals surface area contributed by atoms with E-state index in [1.54, 1.807) is 0 Å². The van der Waals surface area contributed by atoms with Crippen molar-refractivity contribution in [3.63, 3.8) is 0 Å². The molecule has 1 N–H and O–H groups in total. The zero-order valence-electron chi connectivity index (χ0n) is 6.03. The van der Waals surface area contributed by atoms with Crippen LogP contribution in [0, 0.1) is 0 Å². The third-order valence-electron chi connectivity index (χ3n) is 2.04. The topological polar surface area (TPSA) is 59.1 Å². The Morgan fingerprint density at radius 1 is 1.55 bits per heavy atom. The molecule has 0 aliphatic carbocycles. The van der Waals surface area contributed by atoms with Gasteiger partial charge in [0.05, 0.1) is 6.61 Å². The highest BCUT2D eigenvalue weighted by Crippen LogP contribution is 2.24. The quantitative estimate of drug-likeness (QED) is 0.433. The van der Waals surface area contributed by atoms with Crippen LogP contribution >= 0.6 is 0 Å². The van der Waals surface area contributed by atoms with Crippen molar-refractivity contribution in [1.82, 2.24) is 0 Å². The molecule has 0 aromatic heterocycles. The Hall–Kier alpha value is -0.610. The van der Waals surface area contributed by atoms with Crippen molar-refractivity contribution in [2.45, 2.75) is 31.2 Å². The van der Waals surface area contributed by atoms with E-state index >= 15 is 0 Å². The molecule has 4 heteroatoms. The number of epoxide rings is 1. The summed E-state index contributed by atoms with van der Waals surface area (Å²) in [7, 11) is 0. The van der Waals surface area contributed by atoms with Crippen molar-refractivity contribution in [3.05, 3.63) is 0 Å². The molecule has 4 nitrogen and oxygen atoms in total. The van der Waals surface area contributed by atoms with Crippen LogP contribution in [-0.4, -0.2) is 36.0 Å². The molecule has 0 amide bonds. The van der Waals surface area contributed by atoms with Crippen molar-refractivity contribution >= 4 is 5.97 Å². The number of aliphatic hydroxyl groups excluding tert-OH is 1. The van der Waals surface area contributed by atoms with Gasteiger partial charge >= 0.3 is 5.97 Å². The van der Waals surface area contributed by atoms with E-state index in [9.17, 15) is 9.90 Å². The Morgan fingerprint density at radius 2 is 2.27 bits per heavy atom. The summed E-state index contributed by atoms with van der Waals surface area (Å²) < 4.78 is 9.73. The van der Waals surface area contributed by atoms with Gasteiger partial charge in [-0.15, -0.1) is 0 Å². The second-order valence-electron chi connectivity index (χ2n) is 2.93. The number of ether oxygens (including phenoxy) is 2. The molecule has 0 saturated carbocycles. The number of hydrogen-bond acceptors (Lipinski definition) is 4. The second kappa shape index (κ2) is 2.46. The summed E-state index contributed by atoms with van der Waals surface area (Å²) in [6, 6.07) is 0. The predicted octanol–water partition coefficient (Wildman–Crippen LogP) is -0.548. The number of aliphatic hydroxyl groups is 1. The first-order chi connectivity index (χ1) is 5.27. The molecule has 2 aliphatic heterocycles. The molecule has 0 aromatic carbocycles. The van der Waals surface area contributed by atoms with E-state index in [0.29, 0.717) is 19.4 Å². The van der Waals surface area contributed by atoms with Gasteiger partial charge < -0.3 is 14.6 Å². The van der Waals surface area contributed by atoms with Crippen LogP contribution in [0.25, 0.3) is 0 Å². The first-order valence-corrected chi connectivity index (χ1v) is 3.76. The lowest BCUT2D eigenvalue weighted by molar-refractivity contribution is -0.145. The van der Waals surface area contributed by atoms with Gasteiger partial charge in [0, 0.05) is 6.42 Å². The lowest BCUT2D eigenvalue weighted by Crippen LogP contribution is -2.30. The SMILES string of the molecule is O=C1CCC(C(O)C2CO2)O1. The normalized spacial score (nSPS) is 38.5. The van der Waals surface area contributed by atoms with Gasteiger partial charge in [-0.05, 0) is 6.42 Å². The lowest BCUT2D eigenvalue weighted by Gasteiger charge is -2.13. The molecule has 2 saturated heterocycles. The summed E-state index contributed by atoms with van der Waals surface area (Å²) in [6.07, 6.45) is 0.0243. The Kier molecular flexibility index (Phi) is 1.58. The molecule has 62 valence electrons. The largest absolute Gasteiger partial charge is 0.459 e. The third-order valence-corrected chi connectivity index (χ3v) is 2.04. The molecular weight excluding hydrogens is 148 g/mol. The van der Waals surface area contributed by atoms with E-state index in [1.807, 2.05) is 0 Å². The van der Waals surface area contributed by atoms with Gasteiger partial charge in [-0.3, -0.25) is 4.79 Å². The number of esters is 1. The zero-order valence-corrected chi connectivity index (χ0v) is 6.03. The smallest absolute Gasteiger partial charge is 0.306 e. The number of cyclic esters (lactones) is 1. The van der Waals surface area contributed by atoms with Crippen LogP contribution in [0.2, 0.25) is 0 Å². The number of hydrogen-bond donors (Lipinski definition) is 1. The molecule has 2 fully saturated rings. The first kappa shape index (κ1) is 7.06. The second-order valence-corrected chi connectivity index (χ2v) is 2.93. The lowest BCUT2D eigenvalue weighted by atomic mass is 10.1. The molecule has 3 unspecified atom stereocenters. The van der Waals surface area contributed by atoms with E-state index in [2.05, 4.69) is 0 Å². The number of rotatable bonds is 2. The van der Waals surface area contributed by atoms with Crippen molar-refractivity contribution in [1.29, 1.82) is 0 Å². The molecular formula is C7H10O4. The highest BCUT2D eigenvalue weighted by molar-refractivity contribution is 5.71. The van der Waals surface area contributed by atoms with Crippen molar-refractivity contribution in [2.24, 2.45) is 0 Å². The fourth-order valence-corrected chi connectivity index (χ4v) is 1.28. The Labute approximate surface area is 64.1 Å². The van der Waals surface area contributed by atoms with Crippen LogP contribution in [0.4, 0.5) is 0 Å². The number of carbonyl (C=O) groups is 1. The molecule has 0 spiro atoms. The van der Waals surface area contributed by atoms with Gasteiger partial charge in [0.15, 0.2) is 0 Å². The van der Waals surface area contributed by atoms with Crippen LogP contribution in [0.5, 0.6) is 0 Å². The fraction of sp³-hybridized carbons (Fsp3) is 0.857. The van der Waals surface area contributed by atoms with E-state index in [4.69, 9.17) is 9.47 Å². The fourth-order valence-electron chi connectivity index (χ4n) is 1.28. The first-order valence-electron chi connectivity index (χ1n) is 3.76. The minimum atomic E-state index is -0.610. The van der Waals surface area contributed by atoms with E-state index in [-0.39, 0.29) is 18.2 Å². The number of carbonyl (C=O) groups excluding carboxylic acids is 1. The van der Waals surface area contributed by atoms with Crippen LogP contribution in [0.3, 0.4) is 0 Å².